The van der Waals surface area contributed by atoms with Crippen LogP contribution in [0.15, 0.2) is 290 Å². The van der Waals surface area contributed by atoms with Crippen molar-refractivity contribution in [1.82, 2.24) is 0 Å². The number of anilines is 3. The lowest BCUT2D eigenvalue weighted by atomic mass is 9.70. The molecule has 4 aliphatic rings. The van der Waals surface area contributed by atoms with Crippen molar-refractivity contribution in [2.75, 3.05) is 4.90 Å². The second-order valence-corrected chi connectivity index (χ2v) is 25.5. The van der Waals surface area contributed by atoms with Gasteiger partial charge in [0.2, 0.25) is 0 Å². The molecule has 13 aromatic carbocycles. The Kier molecular flexibility index (Phi) is 10.4. The summed E-state index contributed by atoms with van der Waals surface area (Å²) in [5.41, 5.74) is 34.7. The Labute approximate surface area is 508 Å². The van der Waals surface area contributed by atoms with Gasteiger partial charge in [-0.25, -0.2) is 0 Å². The maximum atomic E-state index is 7.15. The van der Waals surface area contributed by atoms with Crippen molar-refractivity contribution in [1.29, 1.82) is 0 Å². The lowest BCUT2D eigenvalue weighted by Gasteiger charge is -2.30. The topological polar surface area (TPSA) is 16.4 Å². The average molecular weight is 1110 g/mol. The molecule has 1 spiro atoms. The number of furan rings is 1. The van der Waals surface area contributed by atoms with Crippen LogP contribution in [0.2, 0.25) is 0 Å². The van der Waals surface area contributed by atoms with E-state index in [4.69, 9.17) is 4.42 Å². The van der Waals surface area contributed by atoms with Gasteiger partial charge in [-0.15, -0.1) is 0 Å². The maximum Gasteiger partial charge on any atom is 0.143 e. The largest absolute Gasteiger partial charge is 0.455 e. The second-order valence-electron chi connectivity index (χ2n) is 25.5. The Morgan fingerprint density at radius 1 is 0.264 bits per heavy atom. The summed E-state index contributed by atoms with van der Waals surface area (Å²) in [4.78, 5) is 2.45. The first-order valence-corrected chi connectivity index (χ1v) is 30.6. The zero-order valence-electron chi connectivity index (χ0n) is 49.0. The van der Waals surface area contributed by atoms with Crippen LogP contribution in [-0.2, 0) is 16.2 Å². The molecule has 4 aliphatic carbocycles. The molecule has 0 unspecified atom stereocenters. The predicted molar refractivity (Wildman–Crippen MR) is 362 cm³/mol. The van der Waals surface area contributed by atoms with E-state index in [1.54, 1.807) is 0 Å². The molecule has 0 N–H and O–H groups in total. The van der Waals surface area contributed by atoms with Crippen LogP contribution in [0.3, 0.4) is 0 Å². The molecular weight excluding hydrogens is 1050 g/mol. The Hall–Kier alpha value is -10.5. The molecule has 1 heterocycles. The van der Waals surface area contributed by atoms with Crippen LogP contribution in [-0.4, -0.2) is 0 Å². The predicted octanol–water partition coefficient (Wildman–Crippen LogP) is 22.7. The van der Waals surface area contributed by atoms with Crippen molar-refractivity contribution in [3.8, 4) is 89.0 Å². The molecule has 18 rings (SSSR count). The van der Waals surface area contributed by atoms with Gasteiger partial charge in [-0.2, -0.15) is 0 Å². The van der Waals surface area contributed by atoms with Gasteiger partial charge in [0.25, 0.3) is 0 Å². The van der Waals surface area contributed by atoms with Crippen LogP contribution >= 0.6 is 0 Å². The minimum Gasteiger partial charge on any atom is -0.455 e. The van der Waals surface area contributed by atoms with Gasteiger partial charge < -0.3 is 9.32 Å². The van der Waals surface area contributed by atoms with Crippen molar-refractivity contribution in [2.24, 2.45) is 0 Å². The second kappa shape index (κ2) is 18.2. The summed E-state index contributed by atoms with van der Waals surface area (Å²) in [5.74, 6) is 0. The minimum atomic E-state index is -0.437. The van der Waals surface area contributed by atoms with Gasteiger partial charge in [-0.1, -0.05) is 252 Å². The van der Waals surface area contributed by atoms with E-state index in [9.17, 15) is 0 Å². The summed E-state index contributed by atoms with van der Waals surface area (Å²) in [6.07, 6.45) is 0. The summed E-state index contributed by atoms with van der Waals surface area (Å²) in [6.45, 7) is 9.51. The average Bonchev–Trinajstić information content (AvgIpc) is 1.53. The molecule has 0 atom stereocenters. The standard InChI is InChI=1S/C85H59NO/c1-83(2)71-28-13-8-21-63(71)67-43-37-55(50-77(67)83)57-47-58(56-38-44-68-64-22-9-14-29-72(64)84(3,4)78(68)51-56)49-61(48-57)86(59-39-33-53(34-40-59)52-19-6-5-7-20-52)60-41-35-54(36-42-60)62-26-18-27-70-81-79(87-82(62)70)46-45-76-80(81)69-25-12-17-32-75(69)85(76)73-30-15-10-23-65(73)66-24-11-16-31-74(66)85/h5-51H,1-4H3. The van der Waals surface area contributed by atoms with Crippen molar-refractivity contribution >= 4 is 39.0 Å². The zero-order chi connectivity index (χ0) is 57.9. The van der Waals surface area contributed by atoms with Gasteiger partial charge in [0.1, 0.15) is 11.2 Å². The van der Waals surface area contributed by atoms with Gasteiger partial charge in [-0.05, 0) is 189 Å². The molecule has 2 heteroatoms. The van der Waals surface area contributed by atoms with Crippen LogP contribution in [0, 0.1) is 0 Å². The van der Waals surface area contributed by atoms with E-state index >= 15 is 0 Å². The fourth-order valence-corrected chi connectivity index (χ4v) is 16.2. The maximum absolute atomic E-state index is 7.15. The third-order valence-corrected chi connectivity index (χ3v) is 20.3. The number of fused-ring (bicyclic) bond motifs is 20. The van der Waals surface area contributed by atoms with Crippen LogP contribution < -0.4 is 4.90 Å². The Morgan fingerprint density at radius 3 is 1.24 bits per heavy atom. The number of rotatable bonds is 7. The highest BCUT2D eigenvalue weighted by Crippen LogP contribution is 2.64. The molecule has 0 saturated carbocycles. The van der Waals surface area contributed by atoms with Crippen molar-refractivity contribution < 1.29 is 4.42 Å². The van der Waals surface area contributed by atoms with E-state index in [0.29, 0.717) is 0 Å². The number of hydrogen-bond donors (Lipinski definition) is 0. The lowest BCUT2D eigenvalue weighted by Crippen LogP contribution is -2.25. The van der Waals surface area contributed by atoms with Gasteiger partial charge >= 0.3 is 0 Å². The highest BCUT2D eigenvalue weighted by Gasteiger charge is 2.52. The van der Waals surface area contributed by atoms with E-state index in [-0.39, 0.29) is 10.8 Å². The molecule has 0 aliphatic heterocycles. The molecule has 410 valence electrons. The fraction of sp³-hybridized carbons (Fsp3) is 0.0824. The van der Waals surface area contributed by atoms with E-state index in [0.717, 1.165) is 44.7 Å². The summed E-state index contributed by atoms with van der Waals surface area (Å²) in [6, 6.07) is 107. The third-order valence-electron chi connectivity index (χ3n) is 20.3. The molecule has 1 aromatic heterocycles. The van der Waals surface area contributed by atoms with Crippen LogP contribution in [0.1, 0.15) is 72.2 Å². The lowest BCUT2D eigenvalue weighted by molar-refractivity contribution is 0.660. The summed E-state index contributed by atoms with van der Waals surface area (Å²) < 4.78 is 7.15. The van der Waals surface area contributed by atoms with Gasteiger partial charge in [0.15, 0.2) is 0 Å². The van der Waals surface area contributed by atoms with Crippen molar-refractivity contribution in [3.05, 3.63) is 330 Å². The molecule has 0 radical (unpaired) electrons. The Morgan fingerprint density at radius 2 is 0.690 bits per heavy atom. The van der Waals surface area contributed by atoms with Gasteiger partial charge in [0, 0.05) is 44.2 Å². The molecule has 87 heavy (non-hydrogen) atoms. The Balaban J connectivity index is 0.803. The van der Waals surface area contributed by atoms with Crippen LogP contribution in [0.4, 0.5) is 17.1 Å². The van der Waals surface area contributed by atoms with E-state index < -0.39 is 5.41 Å². The summed E-state index contributed by atoms with van der Waals surface area (Å²) in [5, 5.41) is 2.29. The van der Waals surface area contributed by atoms with E-state index in [1.807, 2.05) is 0 Å². The molecular formula is C85H59NO. The zero-order valence-corrected chi connectivity index (χ0v) is 49.0. The number of hydrogen-bond acceptors (Lipinski definition) is 2. The highest BCUT2D eigenvalue weighted by molar-refractivity contribution is 6.18. The SMILES string of the molecule is CC1(C)c2ccccc2-c2ccc(-c3cc(-c4ccc5c(c4)C(C)(C)c4ccccc4-5)cc(N(c4ccc(-c5ccccc5)cc4)c4ccc(-c5cccc6c5oc5ccc7c(c56)-c5ccccc5C75c6ccccc6-c6ccccc65)cc4)c3)cc21. The first-order chi connectivity index (χ1) is 42.6. The van der Waals surface area contributed by atoms with Gasteiger partial charge in [0.05, 0.1) is 5.41 Å². The normalized spacial score (nSPS) is 14.5. The van der Waals surface area contributed by atoms with Gasteiger partial charge in [-0.3, -0.25) is 0 Å². The van der Waals surface area contributed by atoms with E-state index in [2.05, 4.69) is 318 Å². The summed E-state index contributed by atoms with van der Waals surface area (Å²) in [7, 11) is 0. The van der Waals surface area contributed by atoms with Crippen LogP contribution in [0.5, 0.6) is 0 Å². The Bertz CT molecular complexity index is 5040. The monoisotopic (exact) mass is 1110 g/mol. The fourth-order valence-electron chi connectivity index (χ4n) is 16.2. The highest BCUT2D eigenvalue weighted by atomic mass is 16.3. The number of para-hydroxylation sites is 1. The molecule has 14 aromatic rings. The molecule has 0 amide bonds. The minimum absolute atomic E-state index is 0.145. The molecule has 0 fully saturated rings. The molecule has 0 saturated heterocycles. The van der Waals surface area contributed by atoms with Crippen molar-refractivity contribution in [3.63, 3.8) is 0 Å². The quantitative estimate of drug-likeness (QED) is 0.158. The first kappa shape index (κ1) is 49.8. The number of benzene rings is 13. The third kappa shape index (κ3) is 6.98. The van der Waals surface area contributed by atoms with E-state index in [1.165, 1.54) is 128 Å². The molecule has 2 nitrogen and oxygen atoms in total. The summed E-state index contributed by atoms with van der Waals surface area (Å²) >= 11 is 0. The first-order valence-electron chi connectivity index (χ1n) is 30.6. The number of nitrogens with zero attached hydrogens (tertiary/aromatic N) is 1. The molecule has 0 bridgehead atoms. The van der Waals surface area contributed by atoms with Crippen LogP contribution in [0.25, 0.3) is 111 Å². The van der Waals surface area contributed by atoms with Crippen molar-refractivity contribution in [2.45, 2.75) is 43.9 Å². The smallest absolute Gasteiger partial charge is 0.143 e.